The summed E-state index contributed by atoms with van der Waals surface area (Å²) in [6, 6.07) is 4.47. The van der Waals surface area contributed by atoms with E-state index in [1.54, 1.807) is 0 Å². The smallest absolute Gasteiger partial charge is 0.340 e. The maximum Gasteiger partial charge on any atom is 0.340 e. The van der Waals surface area contributed by atoms with Gasteiger partial charge in [0.05, 0.1) is 38.3 Å². The Kier molecular flexibility index (Phi) is 7.27. The van der Waals surface area contributed by atoms with Gasteiger partial charge in [-0.1, -0.05) is 46.4 Å². The molecule has 3 aromatic rings. The lowest BCUT2D eigenvalue weighted by Crippen LogP contribution is -2.53. The predicted molar refractivity (Wildman–Crippen MR) is 187 cm³/mol. The SMILES string of the molecule is COC(=O)c1c(Cl)c(Cl)c(Cl)c(Cl)c1C1=c2cc3c4c(c2Oc2c1cc1c5c2CCCN5CCCC1)CCC[N+]=4C(C)(C)C=C3C. The lowest BCUT2D eigenvalue weighted by molar-refractivity contribution is 0.0600. The summed E-state index contributed by atoms with van der Waals surface area (Å²) in [6.45, 7) is 9.78. The molecule has 5 aliphatic heterocycles. The van der Waals surface area contributed by atoms with Crippen LogP contribution in [0.3, 0.4) is 0 Å². The highest BCUT2D eigenvalue weighted by Gasteiger charge is 2.41. The van der Waals surface area contributed by atoms with Crippen LogP contribution in [-0.4, -0.2) is 38.3 Å². The largest absolute Gasteiger partial charge is 0.465 e. The Morgan fingerprint density at radius 3 is 2.41 bits per heavy atom. The van der Waals surface area contributed by atoms with E-state index in [0.717, 1.165) is 98.0 Å². The molecular formula is C37H35Cl4N2O3+. The molecule has 0 saturated heterocycles. The maximum atomic E-state index is 13.6. The number of aryl methyl sites for hydroxylation is 1. The van der Waals surface area contributed by atoms with E-state index in [2.05, 4.69) is 48.5 Å². The first-order chi connectivity index (χ1) is 22.0. The summed E-state index contributed by atoms with van der Waals surface area (Å²) in [6.07, 6.45) is 9.39. The standard InChI is InChI=1S/C37H35Cl4N2O3/c1-18-17-37(2,3)43-14-8-11-21-33(43)22(18)16-24-25(26-27(36(44)45-4)29(39)31(41)30(40)28(26)38)23-15-19-9-5-6-12-42-13-7-10-20(32(19)42)34(23)46-35(21)24/h15-17H,5-14H2,1-4H3/q+1. The molecule has 46 heavy (non-hydrogen) atoms. The van der Waals surface area contributed by atoms with Crippen LogP contribution in [-0.2, 0) is 24.0 Å². The number of hydrogen-bond donors (Lipinski definition) is 0. The van der Waals surface area contributed by atoms with Gasteiger partial charge in [0.15, 0.2) is 5.54 Å². The first-order valence-electron chi connectivity index (χ1n) is 16.1. The van der Waals surface area contributed by atoms with Crippen molar-refractivity contribution >= 4 is 69.2 Å². The number of carbonyl (C=O) groups is 1. The summed E-state index contributed by atoms with van der Waals surface area (Å²) >= 11 is 27.4. The quantitative estimate of drug-likeness (QED) is 0.0918. The van der Waals surface area contributed by atoms with Crippen LogP contribution < -0.4 is 24.8 Å². The van der Waals surface area contributed by atoms with E-state index in [0.29, 0.717) is 5.56 Å². The number of esters is 1. The Morgan fingerprint density at radius 2 is 1.63 bits per heavy atom. The van der Waals surface area contributed by atoms with Crippen LogP contribution in [0.15, 0.2) is 18.2 Å². The van der Waals surface area contributed by atoms with E-state index in [4.69, 9.17) is 55.9 Å². The highest BCUT2D eigenvalue weighted by atomic mass is 35.5. The van der Waals surface area contributed by atoms with Crippen molar-refractivity contribution in [2.75, 3.05) is 31.6 Å². The van der Waals surface area contributed by atoms with Gasteiger partial charge in [0.2, 0.25) is 5.36 Å². The Balaban J connectivity index is 1.61. The molecule has 5 heterocycles. The van der Waals surface area contributed by atoms with Crippen LogP contribution >= 0.6 is 46.4 Å². The van der Waals surface area contributed by atoms with Crippen LogP contribution in [0.4, 0.5) is 5.69 Å². The van der Waals surface area contributed by atoms with Gasteiger partial charge in [-0.2, -0.15) is 0 Å². The van der Waals surface area contributed by atoms with Gasteiger partial charge in [-0.15, -0.1) is 0 Å². The average Bonchev–Trinajstić information content (AvgIpc) is 3.26. The molecule has 238 valence electrons. The molecule has 0 aliphatic carbocycles. The number of benzene rings is 3. The number of rotatable bonds is 2. The predicted octanol–water partition coefficient (Wildman–Crippen LogP) is 8.16. The summed E-state index contributed by atoms with van der Waals surface area (Å²) in [5.74, 6) is 1.01. The van der Waals surface area contributed by atoms with Crippen LogP contribution in [0.2, 0.25) is 20.1 Å². The monoisotopic (exact) mass is 695 g/mol. The number of anilines is 1. The topological polar surface area (TPSA) is 41.8 Å². The number of hydrogen-bond acceptors (Lipinski definition) is 4. The molecule has 0 unspecified atom stereocenters. The summed E-state index contributed by atoms with van der Waals surface area (Å²) in [5.41, 5.74) is 9.41. The van der Waals surface area contributed by atoms with E-state index in [-0.39, 0.29) is 31.2 Å². The fourth-order valence-electron chi connectivity index (χ4n) is 8.61. The highest BCUT2D eigenvalue weighted by molar-refractivity contribution is 6.53. The molecule has 9 heteroatoms. The number of carbonyl (C=O) groups excluding carboxylic acids is 1. The molecule has 0 N–H and O–H groups in total. The molecular weight excluding hydrogens is 662 g/mol. The van der Waals surface area contributed by atoms with E-state index in [1.807, 2.05) is 0 Å². The van der Waals surface area contributed by atoms with Gasteiger partial charge in [-0.25, -0.2) is 9.37 Å². The van der Waals surface area contributed by atoms with E-state index >= 15 is 0 Å². The van der Waals surface area contributed by atoms with Gasteiger partial charge in [0, 0.05) is 72.1 Å². The van der Waals surface area contributed by atoms with Crippen molar-refractivity contribution in [3.05, 3.63) is 87.8 Å². The Hall–Kier alpha value is -2.70. The van der Waals surface area contributed by atoms with Gasteiger partial charge in [0.1, 0.15) is 18.0 Å². The minimum Gasteiger partial charge on any atom is -0.465 e. The molecule has 0 spiro atoms. The second kappa shape index (κ2) is 10.9. The number of allylic oxidation sites excluding steroid dienone is 1. The third-order valence-corrected chi connectivity index (χ3v) is 12.3. The first kappa shape index (κ1) is 30.6. The van der Waals surface area contributed by atoms with E-state index in [9.17, 15) is 4.79 Å². The lowest BCUT2D eigenvalue weighted by atomic mass is 9.81. The van der Waals surface area contributed by atoms with Gasteiger partial charge in [-0.05, 0) is 74.8 Å². The molecule has 5 aliphatic rings. The number of ether oxygens (including phenoxy) is 2. The minimum absolute atomic E-state index is 0.0191. The second-order valence-electron chi connectivity index (χ2n) is 13.6. The Bertz CT molecular complexity index is 2080. The molecule has 0 radical (unpaired) electrons. The molecule has 0 atom stereocenters. The van der Waals surface area contributed by atoms with Gasteiger partial charge >= 0.3 is 5.97 Å². The average molecular weight is 698 g/mol. The van der Waals surface area contributed by atoms with Crippen LogP contribution in [0.25, 0.3) is 11.1 Å². The van der Waals surface area contributed by atoms with Gasteiger partial charge in [0.25, 0.3) is 0 Å². The molecule has 0 saturated carbocycles. The first-order valence-corrected chi connectivity index (χ1v) is 17.7. The third kappa shape index (κ3) is 4.27. The van der Waals surface area contributed by atoms with Gasteiger partial charge in [-0.3, -0.25) is 0 Å². The fourth-order valence-corrected chi connectivity index (χ4v) is 9.63. The number of nitrogens with zero attached hydrogens (tertiary/aromatic N) is 2. The van der Waals surface area contributed by atoms with Crippen molar-refractivity contribution in [3.63, 3.8) is 0 Å². The zero-order valence-corrected chi connectivity index (χ0v) is 29.5. The number of methoxy groups -OCH3 is 1. The lowest BCUT2D eigenvalue weighted by Gasteiger charge is -2.36. The van der Waals surface area contributed by atoms with Crippen LogP contribution in [0.1, 0.15) is 90.2 Å². The molecule has 0 fully saturated rings. The molecule has 5 nitrogen and oxygen atoms in total. The zero-order valence-electron chi connectivity index (χ0n) is 26.4. The fraction of sp³-hybridized carbons (Fsp3) is 0.405. The molecule has 3 aromatic carbocycles. The zero-order chi connectivity index (χ0) is 32.2. The van der Waals surface area contributed by atoms with Crippen LogP contribution in [0.5, 0.6) is 11.5 Å². The van der Waals surface area contributed by atoms with Gasteiger partial charge < -0.3 is 14.4 Å². The van der Waals surface area contributed by atoms with E-state index in [1.165, 1.54) is 40.4 Å². The summed E-state index contributed by atoms with van der Waals surface area (Å²) in [5, 5.41) is 2.40. The Morgan fingerprint density at radius 1 is 0.891 bits per heavy atom. The summed E-state index contributed by atoms with van der Waals surface area (Å²) in [4.78, 5) is 16.1. The maximum absolute atomic E-state index is 13.6. The minimum atomic E-state index is -0.631. The van der Waals surface area contributed by atoms with Crippen LogP contribution in [0, 0.1) is 0 Å². The third-order valence-electron chi connectivity index (χ3n) is 10.5. The van der Waals surface area contributed by atoms with Crippen molar-refractivity contribution in [2.45, 2.75) is 71.3 Å². The van der Waals surface area contributed by atoms with Crippen molar-refractivity contribution in [1.82, 2.24) is 4.58 Å². The molecule has 0 bridgehead atoms. The van der Waals surface area contributed by atoms with Crippen molar-refractivity contribution in [2.24, 2.45) is 0 Å². The highest BCUT2D eigenvalue weighted by Crippen LogP contribution is 2.52. The van der Waals surface area contributed by atoms with E-state index < -0.39 is 5.97 Å². The summed E-state index contributed by atoms with van der Waals surface area (Å²) < 4.78 is 15.0. The molecule has 0 amide bonds. The van der Waals surface area contributed by atoms with Crippen molar-refractivity contribution in [1.29, 1.82) is 0 Å². The van der Waals surface area contributed by atoms with Crippen molar-refractivity contribution in [3.8, 4) is 11.5 Å². The van der Waals surface area contributed by atoms with Crippen molar-refractivity contribution < 1.29 is 14.3 Å². The Labute approximate surface area is 289 Å². The number of fused-ring (bicyclic) bond motifs is 4. The summed E-state index contributed by atoms with van der Waals surface area (Å²) in [7, 11) is 1.33. The second-order valence-corrected chi connectivity index (χ2v) is 15.1. The number of halogens is 4. The molecule has 0 aromatic heterocycles. The normalized spacial score (nSPS) is 18.9. The molecule has 8 rings (SSSR count).